The van der Waals surface area contributed by atoms with E-state index >= 15 is 0 Å². The van der Waals surface area contributed by atoms with Crippen LogP contribution >= 0.6 is 0 Å². The highest BCUT2D eigenvalue weighted by Crippen LogP contribution is 2.35. The number of hydrogen-bond donors (Lipinski definition) is 3. The second-order valence-corrected chi connectivity index (χ2v) is 4.66. The van der Waals surface area contributed by atoms with Crippen LogP contribution in [0.5, 0.6) is 5.75 Å². The first kappa shape index (κ1) is 11.7. The summed E-state index contributed by atoms with van der Waals surface area (Å²) >= 11 is 0. The molecule has 1 aliphatic carbocycles. The molecule has 0 fully saturated rings. The standard InChI is InChI=1S/C14H18N2O/c1-9-8-10-4-6-14(2,16-3)7-5-11(10)13(17)12(9)15/h4-8,16-17H,15H2,1-3H3. The van der Waals surface area contributed by atoms with E-state index in [1.54, 1.807) is 0 Å². The summed E-state index contributed by atoms with van der Waals surface area (Å²) in [5.41, 5.74) is 8.75. The van der Waals surface area contributed by atoms with Gasteiger partial charge < -0.3 is 16.2 Å². The van der Waals surface area contributed by atoms with Gasteiger partial charge in [-0.2, -0.15) is 0 Å². The van der Waals surface area contributed by atoms with Gasteiger partial charge in [0.2, 0.25) is 0 Å². The maximum absolute atomic E-state index is 10.1. The van der Waals surface area contributed by atoms with Gasteiger partial charge in [0.15, 0.2) is 0 Å². The van der Waals surface area contributed by atoms with E-state index in [4.69, 9.17) is 5.73 Å². The van der Waals surface area contributed by atoms with E-state index in [-0.39, 0.29) is 11.3 Å². The van der Waals surface area contributed by atoms with Crippen LogP contribution in [0.25, 0.3) is 12.2 Å². The Hall–Kier alpha value is -1.74. The maximum atomic E-state index is 10.1. The number of fused-ring (bicyclic) bond motifs is 1. The summed E-state index contributed by atoms with van der Waals surface area (Å²) in [4.78, 5) is 0. The summed E-state index contributed by atoms with van der Waals surface area (Å²) in [6.45, 7) is 3.97. The number of phenolic OH excluding ortho intramolecular Hbond substituents is 1. The molecule has 1 aliphatic rings. The molecule has 0 heterocycles. The van der Waals surface area contributed by atoms with Gasteiger partial charge in [0.1, 0.15) is 5.75 Å². The molecule has 4 N–H and O–H groups in total. The van der Waals surface area contributed by atoms with Crippen molar-refractivity contribution in [2.24, 2.45) is 0 Å². The van der Waals surface area contributed by atoms with Crippen molar-refractivity contribution in [1.29, 1.82) is 0 Å². The lowest BCUT2D eigenvalue weighted by Crippen LogP contribution is -2.34. The number of likely N-dealkylation sites (N-methyl/N-ethyl adjacent to an activating group) is 1. The van der Waals surface area contributed by atoms with Crippen LogP contribution in [0.1, 0.15) is 23.6 Å². The highest BCUT2D eigenvalue weighted by molar-refractivity contribution is 5.79. The summed E-state index contributed by atoms with van der Waals surface area (Å²) in [5.74, 6) is 0.168. The minimum atomic E-state index is -0.200. The Morgan fingerprint density at radius 3 is 2.59 bits per heavy atom. The number of aromatic hydroxyl groups is 1. The molecule has 0 saturated heterocycles. The molecule has 1 unspecified atom stereocenters. The number of phenols is 1. The van der Waals surface area contributed by atoms with Gasteiger partial charge in [0.25, 0.3) is 0 Å². The number of hydrogen-bond acceptors (Lipinski definition) is 3. The van der Waals surface area contributed by atoms with E-state index in [2.05, 4.69) is 18.3 Å². The minimum absolute atomic E-state index is 0.168. The van der Waals surface area contributed by atoms with E-state index in [9.17, 15) is 5.11 Å². The van der Waals surface area contributed by atoms with Crippen LogP contribution in [-0.4, -0.2) is 17.7 Å². The van der Waals surface area contributed by atoms with Gasteiger partial charge in [-0.05, 0) is 38.1 Å². The fraction of sp³-hybridized carbons (Fsp3) is 0.286. The summed E-state index contributed by atoms with van der Waals surface area (Å²) in [6, 6.07) is 1.99. The average molecular weight is 230 g/mol. The van der Waals surface area contributed by atoms with Crippen molar-refractivity contribution in [3.8, 4) is 5.75 Å². The topological polar surface area (TPSA) is 58.3 Å². The van der Waals surface area contributed by atoms with Crippen LogP contribution in [0.4, 0.5) is 5.69 Å². The lowest BCUT2D eigenvalue weighted by Gasteiger charge is -2.19. The molecule has 0 aromatic heterocycles. The third-order valence-corrected chi connectivity index (χ3v) is 3.36. The maximum Gasteiger partial charge on any atom is 0.146 e. The Morgan fingerprint density at radius 1 is 1.29 bits per heavy atom. The summed E-state index contributed by atoms with van der Waals surface area (Å²) in [7, 11) is 1.91. The van der Waals surface area contributed by atoms with Gasteiger partial charge >= 0.3 is 0 Å². The normalized spacial score (nSPS) is 22.3. The zero-order valence-electron chi connectivity index (χ0n) is 10.4. The number of nitrogens with one attached hydrogen (secondary N) is 1. The van der Waals surface area contributed by atoms with Gasteiger partial charge in [0.05, 0.1) is 11.2 Å². The van der Waals surface area contributed by atoms with Crippen molar-refractivity contribution in [1.82, 2.24) is 5.32 Å². The summed E-state index contributed by atoms with van der Waals surface area (Å²) in [6.07, 6.45) is 8.02. The average Bonchev–Trinajstić information content (AvgIpc) is 2.48. The van der Waals surface area contributed by atoms with Crippen LogP contribution in [0.2, 0.25) is 0 Å². The van der Waals surface area contributed by atoms with Crippen molar-refractivity contribution in [3.05, 3.63) is 34.9 Å². The highest BCUT2D eigenvalue weighted by atomic mass is 16.3. The molecule has 90 valence electrons. The van der Waals surface area contributed by atoms with Gasteiger partial charge in [-0.1, -0.05) is 24.3 Å². The quantitative estimate of drug-likeness (QED) is 0.512. The Kier molecular flexibility index (Phi) is 2.71. The van der Waals surface area contributed by atoms with Gasteiger partial charge in [-0.3, -0.25) is 0 Å². The van der Waals surface area contributed by atoms with Crippen LogP contribution in [0.15, 0.2) is 18.2 Å². The zero-order valence-corrected chi connectivity index (χ0v) is 10.4. The first-order chi connectivity index (χ1) is 7.97. The van der Waals surface area contributed by atoms with Crippen LogP contribution < -0.4 is 11.1 Å². The lowest BCUT2D eigenvalue weighted by molar-refractivity contribution is 0.476. The van der Waals surface area contributed by atoms with E-state index < -0.39 is 0 Å². The van der Waals surface area contributed by atoms with Gasteiger partial charge in [0, 0.05) is 5.56 Å². The van der Waals surface area contributed by atoms with Crippen molar-refractivity contribution in [2.75, 3.05) is 12.8 Å². The molecule has 17 heavy (non-hydrogen) atoms. The monoisotopic (exact) mass is 230 g/mol. The third-order valence-electron chi connectivity index (χ3n) is 3.36. The molecular formula is C14H18N2O. The van der Waals surface area contributed by atoms with Gasteiger partial charge in [-0.15, -0.1) is 0 Å². The number of aryl methyl sites for hydroxylation is 1. The Bertz CT molecular complexity index is 517. The minimum Gasteiger partial charge on any atom is -0.505 e. The first-order valence-electron chi connectivity index (χ1n) is 5.66. The van der Waals surface area contributed by atoms with Crippen molar-refractivity contribution < 1.29 is 5.11 Å². The lowest BCUT2D eigenvalue weighted by atomic mass is 10.0. The predicted molar refractivity (Wildman–Crippen MR) is 72.8 cm³/mol. The van der Waals surface area contributed by atoms with Crippen molar-refractivity contribution in [2.45, 2.75) is 19.4 Å². The predicted octanol–water partition coefficient (Wildman–Crippen LogP) is 2.30. The first-order valence-corrected chi connectivity index (χ1v) is 5.66. The van der Waals surface area contributed by atoms with Crippen molar-refractivity contribution in [3.63, 3.8) is 0 Å². The Balaban J connectivity index is 2.63. The molecule has 0 bridgehead atoms. The molecule has 0 amide bonds. The van der Waals surface area contributed by atoms with E-state index in [1.165, 1.54) is 0 Å². The molecule has 0 aliphatic heterocycles. The molecule has 3 heteroatoms. The number of benzene rings is 1. The molecule has 0 radical (unpaired) electrons. The van der Waals surface area contributed by atoms with E-state index in [0.717, 1.165) is 16.7 Å². The van der Waals surface area contributed by atoms with Gasteiger partial charge in [-0.25, -0.2) is 0 Å². The SMILES string of the molecule is CNC1(C)C=Cc2cc(C)c(N)c(O)c2C=C1. The Morgan fingerprint density at radius 2 is 1.94 bits per heavy atom. The zero-order chi connectivity index (χ0) is 12.6. The molecule has 0 saturated carbocycles. The second kappa shape index (κ2) is 3.93. The molecule has 3 nitrogen and oxygen atoms in total. The molecule has 2 rings (SSSR count). The van der Waals surface area contributed by atoms with E-state index in [1.807, 2.05) is 38.3 Å². The highest BCUT2D eigenvalue weighted by Gasteiger charge is 2.19. The second-order valence-electron chi connectivity index (χ2n) is 4.66. The molecule has 1 aromatic carbocycles. The number of nitrogen functional groups attached to an aromatic ring is 1. The third kappa shape index (κ3) is 1.94. The van der Waals surface area contributed by atoms with E-state index in [0.29, 0.717) is 5.69 Å². The number of anilines is 1. The summed E-state index contributed by atoms with van der Waals surface area (Å²) < 4.78 is 0. The molecule has 0 spiro atoms. The van der Waals surface area contributed by atoms with Crippen LogP contribution in [-0.2, 0) is 0 Å². The molecule has 1 atom stereocenters. The smallest absolute Gasteiger partial charge is 0.146 e. The number of nitrogens with two attached hydrogens (primary N) is 1. The van der Waals surface area contributed by atoms with Crippen LogP contribution in [0, 0.1) is 6.92 Å². The Labute approximate surface area is 102 Å². The largest absolute Gasteiger partial charge is 0.505 e. The molecular weight excluding hydrogens is 212 g/mol. The molecule has 1 aromatic rings. The fourth-order valence-electron chi connectivity index (χ4n) is 1.91. The fourth-order valence-corrected chi connectivity index (χ4v) is 1.91. The van der Waals surface area contributed by atoms with Crippen LogP contribution in [0.3, 0.4) is 0 Å². The summed E-state index contributed by atoms with van der Waals surface area (Å²) in [5, 5.41) is 13.3. The van der Waals surface area contributed by atoms with Crippen molar-refractivity contribution >= 4 is 17.8 Å². The number of rotatable bonds is 1.